The topological polar surface area (TPSA) is 42.7 Å². The van der Waals surface area contributed by atoms with E-state index in [1.807, 2.05) is 19.3 Å². The molecule has 84 valence electrons. The minimum Gasteiger partial charge on any atom is -0.314 e. The Morgan fingerprint density at radius 1 is 1.38 bits per heavy atom. The van der Waals surface area contributed by atoms with Crippen molar-refractivity contribution in [1.29, 1.82) is 0 Å². The van der Waals surface area contributed by atoms with E-state index >= 15 is 0 Å². The third-order valence-electron chi connectivity index (χ3n) is 2.19. The van der Waals surface area contributed by atoms with Crippen LogP contribution in [-0.2, 0) is 6.54 Å². The molecule has 0 fully saturated rings. The predicted octanol–water partition coefficient (Wildman–Crippen LogP) is 2.06. The number of nitrogens with one attached hydrogen (secondary N) is 1. The van der Waals surface area contributed by atoms with Gasteiger partial charge in [-0.3, -0.25) is 0 Å². The quantitative estimate of drug-likeness (QED) is 0.936. The molecule has 0 unspecified atom stereocenters. The first-order valence-corrected chi connectivity index (χ1v) is 5.82. The molecule has 0 atom stereocenters. The molecular weight excluding hydrogens is 268 g/mol. The summed E-state index contributed by atoms with van der Waals surface area (Å²) in [4.78, 5) is 0. The molecular formula is C11H13BrN4. The van der Waals surface area contributed by atoms with E-state index in [4.69, 9.17) is 0 Å². The van der Waals surface area contributed by atoms with Crippen molar-refractivity contribution >= 4 is 15.9 Å². The molecule has 0 amide bonds. The van der Waals surface area contributed by atoms with Gasteiger partial charge in [-0.2, -0.15) is 0 Å². The maximum atomic E-state index is 4.09. The molecule has 0 aliphatic carbocycles. The van der Waals surface area contributed by atoms with Gasteiger partial charge in [-0.25, -0.2) is 4.68 Å². The largest absolute Gasteiger partial charge is 0.314 e. The molecule has 1 aromatic heterocycles. The third-order valence-corrected chi connectivity index (χ3v) is 2.65. The second kappa shape index (κ2) is 4.76. The Morgan fingerprint density at radius 3 is 2.88 bits per heavy atom. The summed E-state index contributed by atoms with van der Waals surface area (Å²) < 4.78 is 2.83. The normalized spacial score (nSPS) is 10.7. The van der Waals surface area contributed by atoms with Crippen molar-refractivity contribution in [3.8, 4) is 5.69 Å². The van der Waals surface area contributed by atoms with Crippen molar-refractivity contribution < 1.29 is 0 Å². The molecule has 1 N–H and O–H groups in total. The van der Waals surface area contributed by atoms with Crippen molar-refractivity contribution in [3.05, 3.63) is 40.1 Å². The van der Waals surface area contributed by atoms with Gasteiger partial charge in [0.25, 0.3) is 0 Å². The van der Waals surface area contributed by atoms with Gasteiger partial charge in [-0.15, -0.1) is 5.10 Å². The summed E-state index contributed by atoms with van der Waals surface area (Å²) in [5, 5.41) is 11.2. The number of rotatable bonds is 3. The molecule has 0 spiro atoms. The smallest absolute Gasteiger partial charge is 0.0969 e. The van der Waals surface area contributed by atoms with Gasteiger partial charge in [0.1, 0.15) is 0 Å². The summed E-state index contributed by atoms with van der Waals surface area (Å²) in [6.45, 7) is 2.78. The van der Waals surface area contributed by atoms with Crippen molar-refractivity contribution in [3.63, 3.8) is 0 Å². The lowest BCUT2D eigenvalue weighted by molar-refractivity contribution is 0.766. The zero-order valence-corrected chi connectivity index (χ0v) is 10.8. The van der Waals surface area contributed by atoms with Gasteiger partial charge in [-0.05, 0) is 37.7 Å². The first-order chi connectivity index (χ1) is 7.69. The molecule has 1 aromatic carbocycles. The van der Waals surface area contributed by atoms with Gasteiger partial charge in [0.15, 0.2) is 0 Å². The minimum absolute atomic E-state index is 0.729. The van der Waals surface area contributed by atoms with E-state index in [2.05, 4.69) is 50.6 Å². The van der Waals surface area contributed by atoms with Crippen molar-refractivity contribution in [2.45, 2.75) is 13.5 Å². The molecule has 4 nitrogen and oxygen atoms in total. The van der Waals surface area contributed by atoms with E-state index in [0.29, 0.717) is 0 Å². The summed E-state index contributed by atoms with van der Waals surface area (Å²) >= 11 is 3.47. The van der Waals surface area contributed by atoms with Gasteiger partial charge < -0.3 is 5.32 Å². The Bertz CT molecular complexity index is 472. The fraction of sp³-hybridized carbons (Fsp3) is 0.273. The molecule has 0 radical (unpaired) electrons. The fourth-order valence-corrected chi connectivity index (χ4v) is 2.13. The van der Waals surface area contributed by atoms with Crippen LogP contribution in [0, 0.1) is 6.92 Å². The Morgan fingerprint density at radius 2 is 2.19 bits per heavy atom. The van der Waals surface area contributed by atoms with Crippen LogP contribution < -0.4 is 5.32 Å². The average Bonchev–Trinajstić information content (AvgIpc) is 2.65. The van der Waals surface area contributed by atoms with Crippen LogP contribution in [0.25, 0.3) is 5.69 Å². The standard InChI is InChI=1S/C11H13BrN4/c1-8-3-9(12)5-11(4-8)16-7-10(6-13-2)14-15-16/h3-5,7,13H,6H2,1-2H3. The lowest BCUT2D eigenvalue weighted by atomic mass is 10.2. The third kappa shape index (κ3) is 2.48. The van der Waals surface area contributed by atoms with Gasteiger partial charge in [0, 0.05) is 11.0 Å². The van der Waals surface area contributed by atoms with Crippen LogP contribution in [0.2, 0.25) is 0 Å². The van der Waals surface area contributed by atoms with Crippen LogP contribution in [0.5, 0.6) is 0 Å². The van der Waals surface area contributed by atoms with Crippen LogP contribution in [0.1, 0.15) is 11.3 Å². The highest BCUT2D eigenvalue weighted by Gasteiger charge is 2.03. The van der Waals surface area contributed by atoms with Gasteiger partial charge in [0.05, 0.1) is 17.6 Å². The molecule has 2 rings (SSSR count). The summed E-state index contributed by atoms with van der Waals surface area (Å²) in [7, 11) is 1.89. The van der Waals surface area contributed by atoms with E-state index in [0.717, 1.165) is 22.4 Å². The van der Waals surface area contributed by atoms with E-state index in [1.54, 1.807) is 4.68 Å². The second-order valence-electron chi connectivity index (χ2n) is 3.67. The molecule has 1 heterocycles. The zero-order valence-electron chi connectivity index (χ0n) is 9.24. The van der Waals surface area contributed by atoms with Crippen LogP contribution >= 0.6 is 15.9 Å². The first-order valence-electron chi connectivity index (χ1n) is 5.02. The maximum absolute atomic E-state index is 4.09. The number of nitrogens with zero attached hydrogens (tertiary/aromatic N) is 3. The van der Waals surface area contributed by atoms with E-state index in [1.165, 1.54) is 5.56 Å². The lowest BCUT2D eigenvalue weighted by Crippen LogP contribution is -2.04. The molecule has 0 aliphatic heterocycles. The van der Waals surface area contributed by atoms with Crippen LogP contribution in [0.4, 0.5) is 0 Å². The summed E-state index contributed by atoms with van der Waals surface area (Å²) in [5.41, 5.74) is 3.14. The monoisotopic (exact) mass is 280 g/mol. The van der Waals surface area contributed by atoms with Crippen molar-refractivity contribution in [1.82, 2.24) is 20.3 Å². The van der Waals surface area contributed by atoms with Crippen LogP contribution in [0.3, 0.4) is 0 Å². The fourth-order valence-electron chi connectivity index (χ4n) is 1.54. The maximum Gasteiger partial charge on any atom is 0.0969 e. The number of aryl methyl sites for hydroxylation is 1. The second-order valence-corrected chi connectivity index (χ2v) is 4.59. The van der Waals surface area contributed by atoms with E-state index < -0.39 is 0 Å². The first kappa shape index (κ1) is 11.3. The molecule has 0 saturated carbocycles. The summed E-state index contributed by atoms with van der Waals surface area (Å²) in [5.74, 6) is 0. The Balaban J connectivity index is 2.34. The molecule has 0 bridgehead atoms. The Hall–Kier alpha value is -1.20. The van der Waals surface area contributed by atoms with Crippen LogP contribution in [0.15, 0.2) is 28.9 Å². The number of hydrogen-bond donors (Lipinski definition) is 1. The average molecular weight is 281 g/mol. The lowest BCUT2D eigenvalue weighted by Gasteiger charge is -2.02. The highest BCUT2D eigenvalue weighted by molar-refractivity contribution is 9.10. The van der Waals surface area contributed by atoms with Crippen molar-refractivity contribution in [2.24, 2.45) is 0 Å². The highest BCUT2D eigenvalue weighted by Crippen LogP contribution is 2.17. The zero-order chi connectivity index (χ0) is 11.5. The molecule has 5 heteroatoms. The minimum atomic E-state index is 0.729. The predicted molar refractivity (Wildman–Crippen MR) is 66.6 cm³/mol. The molecule has 2 aromatic rings. The highest BCUT2D eigenvalue weighted by atomic mass is 79.9. The number of benzene rings is 1. The molecule has 0 saturated heterocycles. The SMILES string of the molecule is CNCc1cn(-c2cc(C)cc(Br)c2)nn1. The van der Waals surface area contributed by atoms with Gasteiger partial charge in [0.2, 0.25) is 0 Å². The van der Waals surface area contributed by atoms with Crippen LogP contribution in [-0.4, -0.2) is 22.0 Å². The molecule has 0 aliphatic rings. The van der Waals surface area contributed by atoms with Crippen molar-refractivity contribution in [2.75, 3.05) is 7.05 Å². The number of aromatic nitrogens is 3. The van der Waals surface area contributed by atoms with E-state index in [9.17, 15) is 0 Å². The van der Waals surface area contributed by atoms with Gasteiger partial charge in [-0.1, -0.05) is 21.1 Å². The van der Waals surface area contributed by atoms with E-state index in [-0.39, 0.29) is 0 Å². The molecule has 16 heavy (non-hydrogen) atoms. The summed E-state index contributed by atoms with van der Waals surface area (Å²) in [6, 6.07) is 6.16. The summed E-state index contributed by atoms with van der Waals surface area (Å²) in [6.07, 6.45) is 1.93. The van der Waals surface area contributed by atoms with Gasteiger partial charge >= 0.3 is 0 Å². The number of halogens is 1. The Kier molecular flexibility index (Phi) is 3.36. The number of hydrogen-bond acceptors (Lipinski definition) is 3. The Labute approximate surface area is 103 Å².